The van der Waals surface area contributed by atoms with Crippen LogP contribution >= 0.6 is 0 Å². The maximum absolute atomic E-state index is 12.7. The van der Waals surface area contributed by atoms with E-state index in [-0.39, 0.29) is 4.90 Å². The monoisotopic (exact) mass is 326 g/mol. The van der Waals surface area contributed by atoms with Gasteiger partial charge < -0.3 is 0 Å². The molecular formula is C18H18N2O2S. The van der Waals surface area contributed by atoms with Gasteiger partial charge in [0, 0.05) is 0 Å². The molecule has 0 radical (unpaired) electrons. The molecule has 23 heavy (non-hydrogen) atoms. The summed E-state index contributed by atoms with van der Waals surface area (Å²) in [7, 11) is -3.76. The van der Waals surface area contributed by atoms with Crippen molar-refractivity contribution in [3.63, 3.8) is 0 Å². The molecule has 3 rings (SSSR count). The van der Waals surface area contributed by atoms with Crippen molar-refractivity contribution in [3.05, 3.63) is 65.2 Å². The normalized spacial score (nSPS) is 20.5. The highest BCUT2D eigenvalue weighted by Crippen LogP contribution is 2.36. The minimum absolute atomic E-state index is 0.181. The van der Waals surface area contributed by atoms with Crippen LogP contribution in [0.4, 0.5) is 0 Å². The largest absolute Gasteiger partial charge is 0.242 e. The van der Waals surface area contributed by atoms with Crippen molar-refractivity contribution in [2.24, 2.45) is 0 Å². The molecule has 4 nitrogen and oxygen atoms in total. The first-order valence-corrected chi connectivity index (χ1v) is 9.05. The van der Waals surface area contributed by atoms with Crippen molar-refractivity contribution in [1.82, 2.24) is 4.72 Å². The van der Waals surface area contributed by atoms with Gasteiger partial charge in [0.2, 0.25) is 10.0 Å². The average Bonchev–Trinajstić information content (AvgIpc) is 2.55. The van der Waals surface area contributed by atoms with Crippen molar-refractivity contribution in [2.45, 2.75) is 36.6 Å². The molecule has 0 unspecified atom stereocenters. The van der Waals surface area contributed by atoms with Crippen LogP contribution in [0.2, 0.25) is 0 Å². The maximum Gasteiger partial charge on any atom is 0.242 e. The van der Waals surface area contributed by atoms with Gasteiger partial charge in [-0.2, -0.15) is 9.98 Å². The van der Waals surface area contributed by atoms with Crippen LogP contribution in [-0.2, 0) is 22.0 Å². The van der Waals surface area contributed by atoms with Gasteiger partial charge in [-0.25, -0.2) is 8.42 Å². The summed E-state index contributed by atoms with van der Waals surface area (Å²) in [6, 6.07) is 16.4. The lowest BCUT2D eigenvalue weighted by molar-refractivity contribution is 0.421. The zero-order valence-corrected chi connectivity index (χ0v) is 13.7. The van der Waals surface area contributed by atoms with Gasteiger partial charge in [0.05, 0.1) is 11.0 Å². The van der Waals surface area contributed by atoms with Crippen LogP contribution in [-0.4, -0.2) is 8.42 Å². The van der Waals surface area contributed by atoms with Gasteiger partial charge in [-0.15, -0.1) is 0 Å². The van der Waals surface area contributed by atoms with Crippen molar-refractivity contribution in [3.8, 4) is 6.07 Å². The van der Waals surface area contributed by atoms with Crippen molar-refractivity contribution in [1.29, 1.82) is 5.26 Å². The third-order valence-electron chi connectivity index (χ3n) is 4.31. The number of aryl methyl sites for hydroxylation is 2. The zero-order valence-electron chi connectivity index (χ0n) is 12.9. The van der Waals surface area contributed by atoms with E-state index in [1.807, 2.05) is 31.2 Å². The molecule has 0 amide bonds. The third kappa shape index (κ3) is 2.88. The molecule has 0 heterocycles. The minimum atomic E-state index is -3.76. The van der Waals surface area contributed by atoms with Crippen molar-refractivity contribution >= 4 is 10.0 Å². The molecular weight excluding hydrogens is 308 g/mol. The fraction of sp³-hybridized carbons (Fsp3) is 0.278. The minimum Gasteiger partial charge on any atom is -0.207 e. The number of sulfonamides is 1. The summed E-state index contributed by atoms with van der Waals surface area (Å²) in [5.74, 6) is 0. The fourth-order valence-corrected chi connectivity index (χ4v) is 4.41. The van der Waals surface area contributed by atoms with E-state index in [4.69, 9.17) is 0 Å². The number of hydrogen-bond acceptors (Lipinski definition) is 3. The number of fused-ring (bicyclic) bond motifs is 1. The van der Waals surface area contributed by atoms with E-state index in [2.05, 4.69) is 10.8 Å². The second-order valence-corrected chi connectivity index (χ2v) is 7.63. The Labute approximate surface area is 136 Å². The van der Waals surface area contributed by atoms with E-state index in [0.29, 0.717) is 6.42 Å². The highest BCUT2D eigenvalue weighted by molar-refractivity contribution is 7.89. The van der Waals surface area contributed by atoms with Crippen LogP contribution in [0.1, 0.15) is 29.5 Å². The van der Waals surface area contributed by atoms with E-state index < -0.39 is 15.6 Å². The van der Waals surface area contributed by atoms with E-state index >= 15 is 0 Å². The van der Waals surface area contributed by atoms with E-state index in [0.717, 1.165) is 29.5 Å². The number of nitrogens with one attached hydrogen (secondary N) is 1. The van der Waals surface area contributed by atoms with E-state index in [9.17, 15) is 13.7 Å². The topological polar surface area (TPSA) is 70.0 Å². The highest BCUT2D eigenvalue weighted by Gasteiger charge is 2.40. The molecule has 0 bridgehead atoms. The van der Waals surface area contributed by atoms with Crippen LogP contribution < -0.4 is 4.72 Å². The summed E-state index contributed by atoms with van der Waals surface area (Å²) in [5.41, 5.74) is 1.59. The van der Waals surface area contributed by atoms with Gasteiger partial charge in [-0.05, 0) is 49.4 Å². The Balaban J connectivity index is 2.04. The Kier molecular flexibility index (Phi) is 3.97. The van der Waals surface area contributed by atoms with Crippen LogP contribution in [0.3, 0.4) is 0 Å². The lowest BCUT2D eigenvalue weighted by Crippen LogP contribution is -2.46. The Bertz CT molecular complexity index is 867. The quantitative estimate of drug-likeness (QED) is 0.942. The van der Waals surface area contributed by atoms with Gasteiger partial charge >= 0.3 is 0 Å². The molecule has 2 aromatic rings. The molecule has 0 saturated carbocycles. The molecule has 5 heteroatoms. The lowest BCUT2D eigenvalue weighted by atomic mass is 9.78. The SMILES string of the molecule is Cc1ccc(S(=O)(=O)N[C@]2(C#N)CCCc3ccccc32)cc1. The van der Waals surface area contributed by atoms with E-state index in [1.54, 1.807) is 24.3 Å². The molecule has 0 aromatic heterocycles. The van der Waals surface area contributed by atoms with E-state index in [1.165, 1.54) is 0 Å². The summed E-state index contributed by atoms with van der Waals surface area (Å²) in [6.07, 6.45) is 2.12. The predicted octanol–water partition coefficient (Wildman–Crippen LogP) is 3.03. The zero-order chi connectivity index (χ0) is 16.5. The molecule has 1 atom stereocenters. The first-order chi connectivity index (χ1) is 11.0. The molecule has 2 aromatic carbocycles. The maximum atomic E-state index is 12.7. The molecule has 1 aliphatic rings. The first kappa shape index (κ1) is 15.7. The second-order valence-electron chi connectivity index (χ2n) is 5.95. The summed E-state index contributed by atoms with van der Waals surface area (Å²) < 4.78 is 28.1. The lowest BCUT2D eigenvalue weighted by Gasteiger charge is -2.33. The van der Waals surface area contributed by atoms with Gasteiger partial charge in [0.15, 0.2) is 0 Å². The van der Waals surface area contributed by atoms with Crippen molar-refractivity contribution < 1.29 is 8.42 Å². The molecule has 0 fully saturated rings. The molecule has 1 aliphatic carbocycles. The Morgan fingerprint density at radius 1 is 1.13 bits per heavy atom. The summed E-state index contributed by atoms with van der Waals surface area (Å²) in [4.78, 5) is 0.181. The molecule has 0 aliphatic heterocycles. The average molecular weight is 326 g/mol. The standard InChI is InChI=1S/C18H18N2O2S/c1-14-8-10-16(11-9-14)23(21,22)20-18(13-19)12-4-6-15-5-2-3-7-17(15)18/h2-3,5,7-11,20H,4,6,12H2,1H3/t18-/m0/s1. The van der Waals surface area contributed by atoms with Gasteiger partial charge in [-0.3, -0.25) is 0 Å². The first-order valence-electron chi connectivity index (χ1n) is 7.57. The fourth-order valence-electron chi connectivity index (χ4n) is 3.08. The predicted molar refractivity (Wildman–Crippen MR) is 88.2 cm³/mol. The van der Waals surface area contributed by atoms with Crippen LogP contribution in [0.15, 0.2) is 53.4 Å². The van der Waals surface area contributed by atoms with Gasteiger partial charge in [0.25, 0.3) is 0 Å². The second kappa shape index (κ2) is 5.80. The van der Waals surface area contributed by atoms with Crippen molar-refractivity contribution in [2.75, 3.05) is 0 Å². The van der Waals surface area contributed by atoms with Crippen LogP contribution in [0.25, 0.3) is 0 Å². The number of nitrogens with zero attached hydrogens (tertiary/aromatic N) is 1. The highest BCUT2D eigenvalue weighted by atomic mass is 32.2. The number of rotatable bonds is 3. The summed E-state index contributed by atoms with van der Waals surface area (Å²) in [5, 5.41) is 9.77. The van der Waals surface area contributed by atoms with Crippen LogP contribution in [0, 0.1) is 18.3 Å². The number of benzene rings is 2. The molecule has 0 spiro atoms. The molecule has 0 saturated heterocycles. The van der Waals surface area contributed by atoms with Crippen LogP contribution in [0.5, 0.6) is 0 Å². The summed E-state index contributed by atoms with van der Waals surface area (Å²) in [6.45, 7) is 1.90. The third-order valence-corrected chi connectivity index (χ3v) is 5.82. The molecule has 1 N–H and O–H groups in total. The Hall–Kier alpha value is -2.16. The summed E-state index contributed by atoms with van der Waals surface area (Å²) >= 11 is 0. The molecule has 118 valence electrons. The van der Waals surface area contributed by atoms with Gasteiger partial charge in [0.1, 0.15) is 5.54 Å². The van der Waals surface area contributed by atoms with Gasteiger partial charge in [-0.1, -0.05) is 42.0 Å². The number of hydrogen-bond donors (Lipinski definition) is 1. The number of nitriles is 1. The Morgan fingerprint density at radius 3 is 2.52 bits per heavy atom. The smallest absolute Gasteiger partial charge is 0.207 e. The Morgan fingerprint density at radius 2 is 1.83 bits per heavy atom.